The van der Waals surface area contributed by atoms with E-state index in [4.69, 9.17) is 4.52 Å². The monoisotopic (exact) mass is 291 g/mol. The highest BCUT2D eigenvalue weighted by molar-refractivity contribution is 5.80. The minimum atomic E-state index is 0.184. The molecule has 0 amide bonds. The van der Waals surface area contributed by atoms with Gasteiger partial charge >= 0.3 is 0 Å². The molecule has 0 radical (unpaired) electrons. The highest BCUT2D eigenvalue weighted by atomic mass is 16.5. The van der Waals surface area contributed by atoms with E-state index < -0.39 is 0 Å². The summed E-state index contributed by atoms with van der Waals surface area (Å²) in [5.41, 5.74) is 0. The standard InChI is InChI=1S/C16H25N3O2/c1-10(2)6-14(20)9-15-17-16(18-21-15)11-7-12-4-5-13(8-11)19(12)3/h10-13H,4-9H2,1-3H3. The molecule has 5 nitrogen and oxygen atoms in total. The van der Waals surface area contributed by atoms with E-state index in [0.29, 0.717) is 36.2 Å². The first-order valence-corrected chi connectivity index (χ1v) is 8.09. The van der Waals surface area contributed by atoms with Crippen molar-refractivity contribution in [3.05, 3.63) is 11.7 Å². The van der Waals surface area contributed by atoms with Crippen LogP contribution >= 0.6 is 0 Å². The molecule has 0 aromatic carbocycles. The van der Waals surface area contributed by atoms with Crippen molar-refractivity contribution in [1.82, 2.24) is 15.0 Å². The average Bonchev–Trinajstić information content (AvgIpc) is 2.91. The van der Waals surface area contributed by atoms with E-state index in [-0.39, 0.29) is 12.2 Å². The number of fused-ring (bicyclic) bond motifs is 2. The van der Waals surface area contributed by atoms with Gasteiger partial charge in [-0.25, -0.2) is 0 Å². The maximum Gasteiger partial charge on any atom is 0.234 e. The number of hydrogen-bond donors (Lipinski definition) is 0. The first-order valence-electron chi connectivity index (χ1n) is 8.09. The summed E-state index contributed by atoms with van der Waals surface area (Å²) < 4.78 is 5.29. The van der Waals surface area contributed by atoms with Gasteiger partial charge in [-0.3, -0.25) is 4.79 Å². The topological polar surface area (TPSA) is 59.2 Å². The minimum Gasteiger partial charge on any atom is -0.339 e. The second-order valence-corrected chi connectivity index (χ2v) is 7.08. The minimum absolute atomic E-state index is 0.184. The van der Waals surface area contributed by atoms with Crippen LogP contribution in [0.15, 0.2) is 4.52 Å². The van der Waals surface area contributed by atoms with Crippen LogP contribution in [0.1, 0.15) is 63.6 Å². The van der Waals surface area contributed by atoms with E-state index in [1.54, 1.807) is 0 Å². The number of ketones is 1. The first kappa shape index (κ1) is 14.7. The van der Waals surface area contributed by atoms with Gasteiger partial charge in [0.25, 0.3) is 0 Å². The van der Waals surface area contributed by atoms with E-state index in [9.17, 15) is 4.79 Å². The summed E-state index contributed by atoms with van der Waals surface area (Å²) in [7, 11) is 2.23. The smallest absolute Gasteiger partial charge is 0.234 e. The Kier molecular flexibility index (Phi) is 4.11. The Hall–Kier alpha value is -1.23. The average molecular weight is 291 g/mol. The van der Waals surface area contributed by atoms with Gasteiger partial charge in [-0.05, 0) is 38.6 Å². The zero-order chi connectivity index (χ0) is 15.0. The third-order valence-electron chi connectivity index (χ3n) is 4.93. The maximum absolute atomic E-state index is 11.8. The van der Waals surface area contributed by atoms with Gasteiger partial charge in [0.15, 0.2) is 5.82 Å². The van der Waals surface area contributed by atoms with Gasteiger partial charge in [-0.2, -0.15) is 4.98 Å². The van der Waals surface area contributed by atoms with Crippen molar-refractivity contribution in [1.29, 1.82) is 0 Å². The summed E-state index contributed by atoms with van der Waals surface area (Å²) in [4.78, 5) is 18.8. The Bertz CT molecular complexity index is 497. The number of nitrogens with zero attached hydrogens (tertiary/aromatic N) is 3. The summed E-state index contributed by atoms with van der Waals surface area (Å²) >= 11 is 0. The Morgan fingerprint density at radius 3 is 2.62 bits per heavy atom. The molecule has 21 heavy (non-hydrogen) atoms. The van der Waals surface area contributed by atoms with Crippen LogP contribution in [0.25, 0.3) is 0 Å². The Morgan fingerprint density at radius 2 is 2.00 bits per heavy atom. The molecule has 2 fully saturated rings. The van der Waals surface area contributed by atoms with Crippen LogP contribution in [0.3, 0.4) is 0 Å². The molecule has 2 bridgehead atoms. The molecular formula is C16H25N3O2. The number of Topliss-reactive ketones (excluding diaryl/α,β-unsaturated/α-hetero) is 1. The van der Waals surface area contributed by atoms with Gasteiger partial charge in [0.1, 0.15) is 5.78 Å². The molecule has 1 aromatic rings. The number of hydrogen-bond acceptors (Lipinski definition) is 5. The first-order chi connectivity index (χ1) is 10.0. The molecule has 0 N–H and O–H groups in total. The lowest BCUT2D eigenvalue weighted by Crippen LogP contribution is -2.39. The lowest BCUT2D eigenvalue weighted by atomic mass is 9.90. The number of piperidine rings is 1. The predicted molar refractivity (Wildman–Crippen MR) is 79.0 cm³/mol. The largest absolute Gasteiger partial charge is 0.339 e. The SMILES string of the molecule is CC(C)CC(=O)Cc1nc(C2CC3CCC(C2)N3C)no1. The molecule has 3 rings (SSSR count). The zero-order valence-electron chi connectivity index (χ0n) is 13.2. The molecule has 2 saturated heterocycles. The van der Waals surface area contributed by atoms with Crippen LogP contribution in [0.5, 0.6) is 0 Å². The second-order valence-electron chi connectivity index (χ2n) is 7.08. The van der Waals surface area contributed by atoms with E-state index in [0.717, 1.165) is 18.7 Å². The fourth-order valence-corrected chi connectivity index (χ4v) is 3.82. The fraction of sp³-hybridized carbons (Fsp3) is 0.812. The molecule has 5 heteroatoms. The van der Waals surface area contributed by atoms with E-state index in [2.05, 4.69) is 22.1 Å². The van der Waals surface area contributed by atoms with Crippen LogP contribution in [0.4, 0.5) is 0 Å². The molecule has 0 saturated carbocycles. The number of carbonyl (C=O) groups excluding carboxylic acids is 1. The Morgan fingerprint density at radius 1 is 1.33 bits per heavy atom. The molecule has 0 spiro atoms. The summed E-state index contributed by atoms with van der Waals surface area (Å²) in [5.74, 6) is 2.26. The van der Waals surface area contributed by atoms with Crippen molar-refractivity contribution in [3.8, 4) is 0 Å². The number of rotatable bonds is 5. The predicted octanol–water partition coefficient (Wildman–Crippen LogP) is 2.57. The van der Waals surface area contributed by atoms with Crippen LogP contribution in [-0.2, 0) is 11.2 Å². The quantitative estimate of drug-likeness (QED) is 0.834. The molecular weight excluding hydrogens is 266 g/mol. The molecule has 116 valence electrons. The van der Waals surface area contributed by atoms with Crippen LogP contribution in [0, 0.1) is 5.92 Å². The highest BCUT2D eigenvalue weighted by Gasteiger charge is 2.40. The van der Waals surface area contributed by atoms with Gasteiger partial charge in [-0.1, -0.05) is 19.0 Å². The van der Waals surface area contributed by atoms with E-state index >= 15 is 0 Å². The Labute approximate surface area is 126 Å². The van der Waals surface area contributed by atoms with Gasteiger partial charge in [-0.15, -0.1) is 0 Å². The highest BCUT2D eigenvalue weighted by Crippen LogP contribution is 2.41. The third-order valence-corrected chi connectivity index (χ3v) is 4.93. The number of carbonyl (C=O) groups is 1. The van der Waals surface area contributed by atoms with E-state index in [1.807, 2.05) is 13.8 Å². The van der Waals surface area contributed by atoms with Crippen LogP contribution < -0.4 is 0 Å². The van der Waals surface area contributed by atoms with Gasteiger partial charge in [0, 0.05) is 24.4 Å². The van der Waals surface area contributed by atoms with E-state index in [1.165, 1.54) is 12.8 Å². The zero-order valence-corrected chi connectivity index (χ0v) is 13.2. The normalized spacial score (nSPS) is 29.2. The molecule has 1 aromatic heterocycles. The third kappa shape index (κ3) is 3.18. The van der Waals surface area contributed by atoms with Crippen molar-refractivity contribution < 1.29 is 9.32 Å². The lowest BCUT2D eigenvalue weighted by Gasteiger charge is -2.34. The Balaban J connectivity index is 1.62. The summed E-state index contributed by atoms with van der Waals surface area (Å²) in [6.07, 6.45) is 5.67. The van der Waals surface area contributed by atoms with Crippen molar-refractivity contribution >= 4 is 5.78 Å². The van der Waals surface area contributed by atoms with Gasteiger partial charge in [0.05, 0.1) is 6.42 Å². The number of aromatic nitrogens is 2. The van der Waals surface area contributed by atoms with Crippen LogP contribution in [-0.4, -0.2) is 40.0 Å². The van der Waals surface area contributed by atoms with Crippen molar-refractivity contribution in [2.75, 3.05) is 7.05 Å². The molecule has 2 atom stereocenters. The van der Waals surface area contributed by atoms with Crippen molar-refractivity contribution in [2.24, 2.45) is 5.92 Å². The summed E-state index contributed by atoms with van der Waals surface area (Å²) in [6.45, 7) is 4.09. The fourth-order valence-electron chi connectivity index (χ4n) is 3.82. The molecule has 2 unspecified atom stereocenters. The second kappa shape index (κ2) is 5.87. The molecule has 2 aliphatic heterocycles. The maximum atomic E-state index is 11.8. The lowest BCUT2D eigenvalue weighted by molar-refractivity contribution is -0.119. The van der Waals surface area contributed by atoms with Gasteiger partial charge < -0.3 is 9.42 Å². The van der Waals surface area contributed by atoms with Crippen LogP contribution in [0.2, 0.25) is 0 Å². The molecule has 0 aliphatic carbocycles. The summed E-state index contributed by atoms with van der Waals surface area (Å²) in [5, 5.41) is 4.14. The molecule has 3 heterocycles. The van der Waals surface area contributed by atoms with Crippen molar-refractivity contribution in [2.45, 2.75) is 70.4 Å². The molecule has 2 aliphatic rings. The summed E-state index contributed by atoms with van der Waals surface area (Å²) in [6, 6.07) is 1.33. The van der Waals surface area contributed by atoms with Crippen molar-refractivity contribution in [3.63, 3.8) is 0 Å². The van der Waals surface area contributed by atoms with Gasteiger partial charge in [0.2, 0.25) is 5.89 Å².